The third-order valence-electron chi connectivity index (χ3n) is 2.18. The highest BCUT2D eigenvalue weighted by atomic mass is 35.5. The van der Waals surface area contributed by atoms with Gasteiger partial charge in [0.2, 0.25) is 0 Å². The highest BCUT2D eigenvalue weighted by Crippen LogP contribution is 2.26. The zero-order valence-electron chi connectivity index (χ0n) is 9.88. The van der Waals surface area contributed by atoms with Gasteiger partial charge in [-0.3, -0.25) is 0 Å². The fourth-order valence-electron chi connectivity index (χ4n) is 1.42. The Morgan fingerprint density at radius 2 is 2.11 bits per heavy atom. The van der Waals surface area contributed by atoms with Gasteiger partial charge < -0.3 is 9.84 Å². The summed E-state index contributed by atoms with van der Waals surface area (Å²) in [5.41, 5.74) is -0.0801. The summed E-state index contributed by atoms with van der Waals surface area (Å²) in [6.45, 7) is 1.67. The summed E-state index contributed by atoms with van der Waals surface area (Å²) in [5.74, 6) is -0.912. The molecule has 1 unspecified atom stereocenters. The van der Waals surface area contributed by atoms with Gasteiger partial charge in [0.05, 0.1) is 11.5 Å². The van der Waals surface area contributed by atoms with E-state index in [-0.39, 0.29) is 22.1 Å². The van der Waals surface area contributed by atoms with Gasteiger partial charge in [-0.2, -0.15) is 0 Å². The summed E-state index contributed by atoms with van der Waals surface area (Å²) in [5, 5.41) is 10.0. The Morgan fingerprint density at radius 1 is 1.50 bits per heavy atom. The Balaban J connectivity index is 3.30. The summed E-state index contributed by atoms with van der Waals surface area (Å²) >= 11 is 5.73. The van der Waals surface area contributed by atoms with E-state index in [1.807, 2.05) is 0 Å². The molecule has 1 aromatic carbocycles. The van der Waals surface area contributed by atoms with Crippen molar-refractivity contribution in [2.75, 3.05) is 12.9 Å². The molecule has 1 N–H and O–H groups in total. The van der Waals surface area contributed by atoms with Gasteiger partial charge in [-0.1, -0.05) is 11.6 Å². The monoisotopic (exact) mass is 292 g/mol. The van der Waals surface area contributed by atoms with Gasteiger partial charge in [0, 0.05) is 16.8 Å². The highest BCUT2D eigenvalue weighted by molar-refractivity contribution is 7.90. The predicted molar refractivity (Wildman–Crippen MR) is 66.2 cm³/mol. The van der Waals surface area contributed by atoms with Gasteiger partial charge >= 0.3 is 5.97 Å². The van der Waals surface area contributed by atoms with E-state index in [1.54, 1.807) is 6.92 Å². The molecule has 0 aliphatic heterocycles. The number of ether oxygens (including phenoxy) is 1. The van der Waals surface area contributed by atoms with Gasteiger partial charge in [-0.05, 0) is 25.1 Å². The second-order valence-corrected chi connectivity index (χ2v) is 6.03. The minimum absolute atomic E-state index is 0.0801. The third-order valence-corrected chi connectivity index (χ3v) is 3.58. The zero-order valence-corrected chi connectivity index (χ0v) is 11.5. The molecule has 0 heterocycles. The van der Waals surface area contributed by atoms with E-state index >= 15 is 0 Å². The molecule has 0 aromatic heterocycles. The molecular weight excluding hydrogens is 280 g/mol. The SMILES string of the molecule is CCOC(=O)C(O)c1cc(Cl)ccc1S(C)(=O)=O. The lowest BCUT2D eigenvalue weighted by molar-refractivity contribution is -0.153. The molecule has 0 saturated carbocycles. The maximum Gasteiger partial charge on any atom is 0.339 e. The van der Waals surface area contributed by atoms with Crippen molar-refractivity contribution in [3.63, 3.8) is 0 Å². The Kier molecular flexibility index (Phi) is 4.72. The lowest BCUT2D eigenvalue weighted by atomic mass is 10.1. The summed E-state index contributed by atoms with van der Waals surface area (Å²) in [6.07, 6.45) is -0.689. The van der Waals surface area contributed by atoms with Crippen LogP contribution in [0.4, 0.5) is 0 Å². The van der Waals surface area contributed by atoms with E-state index in [2.05, 4.69) is 4.74 Å². The third kappa shape index (κ3) is 3.44. The molecule has 100 valence electrons. The molecule has 0 saturated heterocycles. The minimum Gasteiger partial charge on any atom is -0.464 e. The summed E-state index contributed by atoms with van der Waals surface area (Å²) in [6, 6.07) is 3.86. The maximum atomic E-state index is 11.5. The van der Waals surface area contributed by atoms with Crippen LogP contribution in [-0.4, -0.2) is 32.4 Å². The van der Waals surface area contributed by atoms with Crippen LogP contribution < -0.4 is 0 Å². The van der Waals surface area contributed by atoms with Crippen LogP contribution in [0.3, 0.4) is 0 Å². The second-order valence-electron chi connectivity index (χ2n) is 3.61. The van der Waals surface area contributed by atoms with Crippen LogP contribution in [0.25, 0.3) is 0 Å². The lowest BCUT2D eigenvalue weighted by Gasteiger charge is -2.13. The predicted octanol–water partition coefficient (Wildman–Crippen LogP) is 1.34. The number of esters is 1. The molecule has 0 spiro atoms. The molecule has 0 radical (unpaired) electrons. The molecule has 5 nitrogen and oxygen atoms in total. The number of carbonyl (C=O) groups excluding carboxylic acids is 1. The number of carbonyl (C=O) groups is 1. The fourth-order valence-corrected chi connectivity index (χ4v) is 2.51. The summed E-state index contributed by atoms with van der Waals surface area (Å²) < 4.78 is 27.7. The molecule has 1 rings (SSSR count). The smallest absolute Gasteiger partial charge is 0.339 e. The first-order chi connectivity index (χ1) is 8.27. The molecule has 1 aromatic rings. The van der Waals surface area contributed by atoms with Gasteiger partial charge in [0.15, 0.2) is 15.9 Å². The molecular formula is C11H13ClO5S. The van der Waals surface area contributed by atoms with E-state index in [4.69, 9.17) is 11.6 Å². The van der Waals surface area contributed by atoms with Crippen molar-refractivity contribution in [1.29, 1.82) is 0 Å². The van der Waals surface area contributed by atoms with Crippen LogP contribution in [0.15, 0.2) is 23.1 Å². The van der Waals surface area contributed by atoms with Crippen molar-refractivity contribution in [2.45, 2.75) is 17.9 Å². The Labute approximate surface area is 110 Å². The minimum atomic E-state index is -3.57. The maximum absolute atomic E-state index is 11.5. The first-order valence-corrected chi connectivity index (χ1v) is 7.38. The Bertz CT molecular complexity index is 553. The average molecular weight is 293 g/mol. The quantitative estimate of drug-likeness (QED) is 0.847. The van der Waals surface area contributed by atoms with Gasteiger partial charge in [0.1, 0.15) is 0 Å². The normalized spacial score (nSPS) is 13.1. The zero-order chi connectivity index (χ0) is 13.9. The van der Waals surface area contributed by atoms with Crippen LogP contribution in [-0.2, 0) is 19.4 Å². The summed E-state index contributed by atoms with van der Waals surface area (Å²) in [4.78, 5) is 11.3. The van der Waals surface area contributed by atoms with Crippen LogP contribution >= 0.6 is 11.6 Å². The van der Waals surface area contributed by atoms with Crippen LogP contribution in [0.5, 0.6) is 0 Å². The molecule has 1 atom stereocenters. The number of aliphatic hydroxyl groups is 1. The van der Waals surface area contributed by atoms with Gasteiger partial charge in [-0.25, -0.2) is 13.2 Å². The van der Waals surface area contributed by atoms with Crippen LogP contribution in [0.2, 0.25) is 5.02 Å². The fraction of sp³-hybridized carbons (Fsp3) is 0.364. The van der Waals surface area contributed by atoms with E-state index in [0.717, 1.165) is 6.26 Å². The standard InChI is InChI=1S/C11H13ClO5S/c1-3-17-11(14)10(13)8-6-7(12)4-5-9(8)18(2,15)16/h4-6,10,13H,3H2,1-2H3. The van der Waals surface area contributed by atoms with E-state index in [1.165, 1.54) is 18.2 Å². The molecule has 18 heavy (non-hydrogen) atoms. The first kappa shape index (κ1) is 14.9. The van der Waals surface area contributed by atoms with Gasteiger partial charge in [-0.15, -0.1) is 0 Å². The molecule has 0 aliphatic rings. The first-order valence-electron chi connectivity index (χ1n) is 5.11. The second kappa shape index (κ2) is 5.69. The van der Waals surface area contributed by atoms with Crippen molar-refractivity contribution in [3.05, 3.63) is 28.8 Å². The average Bonchev–Trinajstić information content (AvgIpc) is 2.26. The molecule has 0 aliphatic carbocycles. The van der Waals surface area contributed by atoms with Crippen LogP contribution in [0, 0.1) is 0 Å². The molecule has 0 bridgehead atoms. The van der Waals surface area contributed by atoms with Gasteiger partial charge in [0.25, 0.3) is 0 Å². The van der Waals surface area contributed by atoms with Crippen LogP contribution in [0.1, 0.15) is 18.6 Å². The number of aliphatic hydroxyl groups excluding tert-OH is 1. The Morgan fingerprint density at radius 3 is 2.61 bits per heavy atom. The van der Waals surface area contributed by atoms with E-state index in [0.29, 0.717) is 0 Å². The summed E-state index contributed by atoms with van der Waals surface area (Å²) in [7, 11) is -3.57. The van der Waals surface area contributed by atoms with Crippen molar-refractivity contribution < 1.29 is 23.1 Å². The number of hydrogen-bond donors (Lipinski definition) is 1. The van der Waals surface area contributed by atoms with E-state index in [9.17, 15) is 18.3 Å². The molecule has 0 amide bonds. The topological polar surface area (TPSA) is 80.7 Å². The number of halogens is 1. The van der Waals surface area contributed by atoms with E-state index < -0.39 is 21.9 Å². The Hall–Kier alpha value is -1.11. The number of hydrogen-bond acceptors (Lipinski definition) is 5. The largest absolute Gasteiger partial charge is 0.464 e. The van der Waals surface area contributed by atoms with Crippen molar-refractivity contribution in [3.8, 4) is 0 Å². The highest BCUT2D eigenvalue weighted by Gasteiger charge is 2.25. The number of sulfone groups is 1. The lowest BCUT2D eigenvalue weighted by Crippen LogP contribution is -2.18. The van der Waals surface area contributed by atoms with Crippen molar-refractivity contribution >= 4 is 27.4 Å². The molecule has 0 fully saturated rings. The van der Waals surface area contributed by atoms with Crippen molar-refractivity contribution in [1.82, 2.24) is 0 Å². The number of rotatable bonds is 4. The number of benzene rings is 1. The van der Waals surface area contributed by atoms with Crippen molar-refractivity contribution in [2.24, 2.45) is 0 Å². The molecule has 7 heteroatoms.